The van der Waals surface area contributed by atoms with E-state index in [9.17, 15) is 4.79 Å². The van der Waals surface area contributed by atoms with Gasteiger partial charge in [0.05, 0.1) is 12.6 Å². The van der Waals surface area contributed by atoms with Crippen molar-refractivity contribution in [2.75, 3.05) is 26.0 Å². The molecule has 0 saturated carbocycles. The fraction of sp³-hybridized carbons (Fsp3) is 0.588. The SMILES string of the molecule is CCC(c1cccc(N)c1)N(CCOC)C(=O)OC(C)(C)C. The van der Waals surface area contributed by atoms with Crippen LogP contribution in [0.1, 0.15) is 45.7 Å². The number of hydrogen-bond acceptors (Lipinski definition) is 4. The molecule has 1 unspecified atom stereocenters. The molecule has 0 aliphatic heterocycles. The van der Waals surface area contributed by atoms with Gasteiger partial charge in [0.15, 0.2) is 0 Å². The molecule has 1 atom stereocenters. The van der Waals surface area contributed by atoms with Crippen LogP contribution in [0.3, 0.4) is 0 Å². The van der Waals surface area contributed by atoms with Gasteiger partial charge in [0, 0.05) is 19.3 Å². The number of amides is 1. The zero-order valence-electron chi connectivity index (χ0n) is 14.3. The fourth-order valence-corrected chi connectivity index (χ4v) is 2.29. The van der Waals surface area contributed by atoms with E-state index in [1.165, 1.54) is 0 Å². The van der Waals surface area contributed by atoms with Gasteiger partial charge in [-0.3, -0.25) is 4.90 Å². The van der Waals surface area contributed by atoms with Crippen LogP contribution in [0.5, 0.6) is 0 Å². The molecule has 0 aromatic heterocycles. The zero-order valence-corrected chi connectivity index (χ0v) is 14.3. The second kappa shape index (κ2) is 8.03. The van der Waals surface area contributed by atoms with Crippen LogP contribution in [0, 0.1) is 0 Å². The van der Waals surface area contributed by atoms with Crippen molar-refractivity contribution < 1.29 is 14.3 Å². The molecular weight excluding hydrogens is 280 g/mol. The molecular formula is C17H28N2O3. The number of hydrogen-bond donors (Lipinski definition) is 1. The van der Waals surface area contributed by atoms with Gasteiger partial charge in [-0.25, -0.2) is 4.79 Å². The Morgan fingerprint density at radius 3 is 2.55 bits per heavy atom. The first-order valence-electron chi connectivity index (χ1n) is 7.62. The number of nitrogens with two attached hydrogens (primary N) is 1. The molecule has 22 heavy (non-hydrogen) atoms. The summed E-state index contributed by atoms with van der Waals surface area (Å²) in [6.45, 7) is 8.55. The first-order valence-corrected chi connectivity index (χ1v) is 7.62. The largest absolute Gasteiger partial charge is 0.444 e. The van der Waals surface area contributed by atoms with Crippen LogP contribution >= 0.6 is 0 Å². The molecule has 0 aliphatic rings. The average molecular weight is 308 g/mol. The van der Waals surface area contributed by atoms with Gasteiger partial charge in [0.2, 0.25) is 0 Å². The Balaban J connectivity index is 3.03. The maximum Gasteiger partial charge on any atom is 0.410 e. The van der Waals surface area contributed by atoms with Crippen molar-refractivity contribution in [3.8, 4) is 0 Å². The number of carbonyl (C=O) groups excluding carboxylic acids is 1. The maximum atomic E-state index is 12.5. The van der Waals surface area contributed by atoms with E-state index in [0.29, 0.717) is 18.8 Å². The lowest BCUT2D eigenvalue weighted by molar-refractivity contribution is 0.00946. The van der Waals surface area contributed by atoms with Crippen LogP contribution < -0.4 is 5.73 Å². The second-order valence-corrected chi connectivity index (χ2v) is 6.26. The molecule has 2 N–H and O–H groups in total. The normalized spacial score (nSPS) is 12.8. The van der Waals surface area contributed by atoms with E-state index >= 15 is 0 Å². The summed E-state index contributed by atoms with van der Waals surface area (Å²) in [6, 6.07) is 7.53. The predicted molar refractivity (Wildman–Crippen MR) is 88.7 cm³/mol. The summed E-state index contributed by atoms with van der Waals surface area (Å²) in [7, 11) is 1.62. The van der Waals surface area contributed by atoms with Crippen LogP contribution in [-0.2, 0) is 9.47 Å². The highest BCUT2D eigenvalue weighted by Gasteiger charge is 2.28. The third-order valence-electron chi connectivity index (χ3n) is 3.22. The third-order valence-corrected chi connectivity index (χ3v) is 3.22. The van der Waals surface area contributed by atoms with Crippen LogP contribution in [0.25, 0.3) is 0 Å². The molecule has 5 nitrogen and oxygen atoms in total. The Morgan fingerprint density at radius 2 is 2.05 bits per heavy atom. The molecule has 1 rings (SSSR count). The molecule has 0 aliphatic carbocycles. The minimum absolute atomic E-state index is 0.0894. The number of carbonyl (C=O) groups is 1. The molecule has 124 valence electrons. The van der Waals surface area contributed by atoms with Crippen molar-refractivity contribution in [2.24, 2.45) is 0 Å². The van der Waals surface area contributed by atoms with Gasteiger partial charge in [0.1, 0.15) is 5.60 Å². The van der Waals surface area contributed by atoms with Crippen molar-refractivity contribution in [2.45, 2.75) is 45.8 Å². The number of ether oxygens (including phenoxy) is 2. The zero-order chi connectivity index (χ0) is 16.8. The maximum absolute atomic E-state index is 12.5. The van der Waals surface area contributed by atoms with Gasteiger partial charge in [-0.2, -0.15) is 0 Å². The Hall–Kier alpha value is -1.75. The van der Waals surface area contributed by atoms with E-state index in [1.807, 2.05) is 52.0 Å². The summed E-state index contributed by atoms with van der Waals surface area (Å²) in [5, 5.41) is 0. The number of benzene rings is 1. The van der Waals surface area contributed by atoms with Gasteiger partial charge in [-0.05, 0) is 44.9 Å². The quantitative estimate of drug-likeness (QED) is 0.815. The third kappa shape index (κ3) is 5.56. The van der Waals surface area contributed by atoms with E-state index < -0.39 is 5.60 Å². The molecule has 0 radical (unpaired) electrons. The minimum Gasteiger partial charge on any atom is -0.444 e. The highest BCUT2D eigenvalue weighted by atomic mass is 16.6. The average Bonchev–Trinajstić information content (AvgIpc) is 2.41. The lowest BCUT2D eigenvalue weighted by Crippen LogP contribution is -2.41. The van der Waals surface area contributed by atoms with Gasteiger partial charge >= 0.3 is 6.09 Å². The highest BCUT2D eigenvalue weighted by molar-refractivity contribution is 5.69. The predicted octanol–water partition coefficient (Wildman–Crippen LogP) is 3.60. The first-order chi connectivity index (χ1) is 10.3. The molecule has 0 saturated heterocycles. The molecule has 0 heterocycles. The lowest BCUT2D eigenvalue weighted by Gasteiger charge is -2.33. The van der Waals surface area contributed by atoms with Crippen molar-refractivity contribution in [1.82, 2.24) is 4.90 Å². The summed E-state index contributed by atoms with van der Waals surface area (Å²) < 4.78 is 10.7. The number of methoxy groups -OCH3 is 1. The molecule has 5 heteroatoms. The Kier molecular flexibility index (Phi) is 6.68. The Bertz CT molecular complexity index is 483. The van der Waals surface area contributed by atoms with Crippen molar-refractivity contribution in [3.05, 3.63) is 29.8 Å². The Labute approximate surface area is 133 Å². The molecule has 0 bridgehead atoms. The van der Waals surface area contributed by atoms with Crippen molar-refractivity contribution in [1.29, 1.82) is 0 Å². The summed E-state index contributed by atoms with van der Waals surface area (Å²) >= 11 is 0. The minimum atomic E-state index is -0.531. The molecule has 0 spiro atoms. The van der Waals surface area contributed by atoms with E-state index in [-0.39, 0.29) is 12.1 Å². The number of rotatable bonds is 6. The van der Waals surface area contributed by atoms with Gasteiger partial charge in [0.25, 0.3) is 0 Å². The fourth-order valence-electron chi connectivity index (χ4n) is 2.29. The number of nitrogen functional groups attached to an aromatic ring is 1. The molecule has 1 aromatic carbocycles. The summed E-state index contributed by atoms with van der Waals surface area (Å²) in [5.41, 5.74) is 7.03. The van der Waals surface area contributed by atoms with Gasteiger partial charge < -0.3 is 15.2 Å². The van der Waals surface area contributed by atoms with E-state index in [2.05, 4.69) is 0 Å². The summed E-state index contributed by atoms with van der Waals surface area (Å²) in [4.78, 5) is 14.3. The van der Waals surface area contributed by atoms with Gasteiger partial charge in [-0.15, -0.1) is 0 Å². The highest BCUT2D eigenvalue weighted by Crippen LogP contribution is 2.27. The van der Waals surface area contributed by atoms with Crippen LogP contribution in [0.4, 0.5) is 10.5 Å². The van der Waals surface area contributed by atoms with Gasteiger partial charge in [-0.1, -0.05) is 19.1 Å². The van der Waals surface area contributed by atoms with Crippen LogP contribution in [0.15, 0.2) is 24.3 Å². The van der Waals surface area contributed by atoms with E-state index in [4.69, 9.17) is 15.2 Å². The molecule has 1 amide bonds. The summed E-state index contributed by atoms with van der Waals surface area (Å²) in [5.74, 6) is 0. The summed E-state index contributed by atoms with van der Waals surface area (Å²) in [6.07, 6.45) is 0.436. The first kappa shape index (κ1) is 18.3. The second-order valence-electron chi connectivity index (χ2n) is 6.26. The van der Waals surface area contributed by atoms with E-state index in [0.717, 1.165) is 12.0 Å². The van der Waals surface area contributed by atoms with Crippen LogP contribution in [-0.4, -0.2) is 36.9 Å². The lowest BCUT2D eigenvalue weighted by atomic mass is 10.0. The Morgan fingerprint density at radius 1 is 1.36 bits per heavy atom. The standard InChI is InChI=1S/C17H28N2O3/c1-6-15(13-8-7-9-14(18)12-13)19(10-11-21-5)16(20)22-17(2,3)4/h7-9,12,15H,6,10-11,18H2,1-5H3. The van der Waals surface area contributed by atoms with Crippen molar-refractivity contribution in [3.63, 3.8) is 0 Å². The molecule has 1 aromatic rings. The van der Waals surface area contributed by atoms with Crippen LogP contribution in [0.2, 0.25) is 0 Å². The number of nitrogens with zero attached hydrogens (tertiary/aromatic N) is 1. The van der Waals surface area contributed by atoms with E-state index in [1.54, 1.807) is 12.0 Å². The van der Waals surface area contributed by atoms with Crippen molar-refractivity contribution >= 4 is 11.8 Å². The monoisotopic (exact) mass is 308 g/mol. The molecule has 0 fully saturated rings. The number of anilines is 1. The smallest absolute Gasteiger partial charge is 0.410 e. The topological polar surface area (TPSA) is 64.8 Å².